The molecular weight excluding hydrogens is 282 g/mol. The summed E-state index contributed by atoms with van der Waals surface area (Å²) < 4.78 is 53.3. The van der Waals surface area contributed by atoms with E-state index in [1.54, 1.807) is 0 Å². The van der Waals surface area contributed by atoms with Crippen molar-refractivity contribution in [3.05, 3.63) is 69.8 Å². The summed E-state index contributed by atoms with van der Waals surface area (Å²) in [5, 5.41) is -0.321. The van der Waals surface area contributed by atoms with Gasteiger partial charge in [-0.1, -0.05) is 23.7 Å². The molecule has 0 bridgehead atoms. The molecule has 2 aromatic carbocycles. The smallest absolute Gasteiger partial charge is 0.142 e. The molecule has 100 valence electrons. The van der Waals surface area contributed by atoms with Crippen LogP contribution in [0.2, 0.25) is 5.02 Å². The van der Waals surface area contributed by atoms with Crippen LogP contribution in [0.15, 0.2) is 30.3 Å². The van der Waals surface area contributed by atoms with Crippen molar-refractivity contribution < 1.29 is 17.6 Å². The van der Waals surface area contributed by atoms with Crippen LogP contribution in [0.4, 0.5) is 17.6 Å². The highest BCUT2D eigenvalue weighted by Crippen LogP contribution is 2.31. The van der Waals surface area contributed by atoms with Crippen LogP contribution in [0.1, 0.15) is 17.2 Å². The lowest BCUT2D eigenvalue weighted by Crippen LogP contribution is -2.17. The van der Waals surface area contributed by atoms with E-state index in [2.05, 4.69) is 0 Å². The monoisotopic (exact) mass is 289 g/mol. The molecule has 6 heteroatoms. The predicted octanol–water partition coefficient (Wildman–Crippen LogP) is 3.94. The van der Waals surface area contributed by atoms with Gasteiger partial charge in [-0.3, -0.25) is 0 Å². The van der Waals surface area contributed by atoms with Crippen LogP contribution < -0.4 is 5.73 Å². The Bertz CT molecular complexity index is 607. The van der Waals surface area contributed by atoms with Crippen molar-refractivity contribution in [2.45, 2.75) is 6.04 Å². The Hall–Kier alpha value is -1.59. The van der Waals surface area contributed by atoms with Crippen LogP contribution >= 0.6 is 11.6 Å². The molecular formula is C13H8ClF4N. The number of hydrogen-bond acceptors (Lipinski definition) is 1. The molecule has 0 aliphatic carbocycles. The zero-order chi connectivity index (χ0) is 14.2. The fourth-order valence-electron chi connectivity index (χ4n) is 1.77. The number of benzene rings is 2. The van der Waals surface area contributed by atoms with E-state index in [9.17, 15) is 17.6 Å². The molecule has 2 N–H and O–H groups in total. The van der Waals surface area contributed by atoms with Crippen LogP contribution in [0.5, 0.6) is 0 Å². The quantitative estimate of drug-likeness (QED) is 0.833. The molecule has 2 aromatic rings. The maximum Gasteiger partial charge on any atom is 0.142 e. The van der Waals surface area contributed by atoms with Crippen molar-refractivity contribution in [3.8, 4) is 0 Å². The van der Waals surface area contributed by atoms with Crippen LogP contribution in [-0.2, 0) is 0 Å². The SMILES string of the molecule is NC(c1cccc(F)c1Cl)c1c(F)cc(F)cc1F. The zero-order valence-corrected chi connectivity index (χ0v) is 10.2. The normalized spacial score (nSPS) is 12.5. The average Bonchev–Trinajstić information content (AvgIpc) is 2.31. The topological polar surface area (TPSA) is 26.0 Å². The van der Waals surface area contributed by atoms with E-state index < -0.39 is 34.9 Å². The van der Waals surface area contributed by atoms with Gasteiger partial charge in [0.05, 0.1) is 11.1 Å². The highest BCUT2D eigenvalue weighted by atomic mass is 35.5. The Balaban J connectivity index is 2.56. The van der Waals surface area contributed by atoms with Gasteiger partial charge < -0.3 is 5.73 Å². The highest BCUT2D eigenvalue weighted by Gasteiger charge is 2.22. The van der Waals surface area contributed by atoms with Crippen molar-refractivity contribution in [1.82, 2.24) is 0 Å². The van der Waals surface area contributed by atoms with E-state index in [-0.39, 0.29) is 10.6 Å². The average molecular weight is 290 g/mol. The van der Waals surface area contributed by atoms with E-state index in [1.807, 2.05) is 0 Å². The molecule has 0 amide bonds. The Kier molecular flexibility index (Phi) is 3.78. The van der Waals surface area contributed by atoms with E-state index in [0.29, 0.717) is 12.1 Å². The van der Waals surface area contributed by atoms with Crippen molar-refractivity contribution in [1.29, 1.82) is 0 Å². The Morgan fingerprint density at radius 3 is 2.11 bits per heavy atom. The second-order valence-electron chi connectivity index (χ2n) is 3.90. The van der Waals surface area contributed by atoms with Gasteiger partial charge >= 0.3 is 0 Å². The summed E-state index contributed by atoms with van der Waals surface area (Å²) in [6.45, 7) is 0. The molecule has 1 atom stereocenters. The number of rotatable bonds is 2. The Morgan fingerprint density at radius 1 is 0.947 bits per heavy atom. The lowest BCUT2D eigenvalue weighted by atomic mass is 9.98. The van der Waals surface area contributed by atoms with Gasteiger partial charge in [0.1, 0.15) is 23.3 Å². The second kappa shape index (κ2) is 5.19. The third-order valence-electron chi connectivity index (χ3n) is 2.67. The lowest BCUT2D eigenvalue weighted by molar-refractivity contribution is 0.514. The standard InChI is InChI=1S/C13H8ClF4N/c14-12-7(2-1-3-8(12)16)13(19)11-9(17)4-6(15)5-10(11)18/h1-5,13H,19H2. The van der Waals surface area contributed by atoms with Gasteiger partial charge in [-0.15, -0.1) is 0 Å². The number of nitrogens with two attached hydrogens (primary N) is 1. The fraction of sp³-hybridized carbons (Fsp3) is 0.0769. The van der Waals surface area contributed by atoms with Gasteiger partial charge in [0.15, 0.2) is 0 Å². The molecule has 0 aliphatic heterocycles. The molecule has 0 aromatic heterocycles. The second-order valence-corrected chi connectivity index (χ2v) is 4.28. The van der Waals surface area contributed by atoms with Gasteiger partial charge in [-0.05, 0) is 11.6 Å². The summed E-state index contributed by atoms with van der Waals surface area (Å²) in [5.74, 6) is -4.11. The first-order valence-corrected chi connectivity index (χ1v) is 5.63. The first-order valence-electron chi connectivity index (χ1n) is 5.25. The molecule has 2 rings (SSSR count). The number of hydrogen-bond donors (Lipinski definition) is 1. The first-order chi connectivity index (χ1) is 8.91. The molecule has 1 unspecified atom stereocenters. The summed E-state index contributed by atoms with van der Waals surface area (Å²) in [6.07, 6.45) is 0. The van der Waals surface area contributed by atoms with Crippen molar-refractivity contribution >= 4 is 11.6 Å². The van der Waals surface area contributed by atoms with Gasteiger partial charge in [0.25, 0.3) is 0 Å². The van der Waals surface area contributed by atoms with E-state index in [1.165, 1.54) is 12.1 Å². The fourth-order valence-corrected chi connectivity index (χ4v) is 2.01. The minimum atomic E-state index is -1.33. The van der Waals surface area contributed by atoms with Crippen LogP contribution in [-0.4, -0.2) is 0 Å². The van der Waals surface area contributed by atoms with Gasteiger partial charge in [-0.25, -0.2) is 17.6 Å². The molecule has 0 fully saturated rings. The summed E-state index contributed by atoms with van der Waals surface area (Å²) in [6, 6.07) is 3.44. The highest BCUT2D eigenvalue weighted by molar-refractivity contribution is 6.31. The number of halogens is 5. The maximum absolute atomic E-state index is 13.6. The maximum atomic E-state index is 13.6. The third kappa shape index (κ3) is 2.57. The molecule has 0 radical (unpaired) electrons. The Labute approximate surface area is 111 Å². The summed E-state index contributed by atoms with van der Waals surface area (Å²) in [4.78, 5) is 0. The molecule has 0 saturated heterocycles. The van der Waals surface area contributed by atoms with Crippen molar-refractivity contribution in [2.24, 2.45) is 5.73 Å². The van der Waals surface area contributed by atoms with Crippen LogP contribution in [0.25, 0.3) is 0 Å². The molecule has 0 spiro atoms. The van der Waals surface area contributed by atoms with Gasteiger partial charge in [0, 0.05) is 17.7 Å². The summed E-state index contributed by atoms with van der Waals surface area (Å²) >= 11 is 5.70. The summed E-state index contributed by atoms with van der Waals surface area (Å²) in [7, 11) is 0. The van der Waals surface area contributed by atoms with Crippen molar-refractivity contribution in [3.63, 3.8) is 0 Å². The first kappa shape index (κ1) is 13.8. The minimum absolute atomic E-state index is 0.0195. The van der Waals surface area contributed by atoms with Crippen LogP contribution in [0.3, 0.4) is 0 Å². The van der Waals surface area contributed by atoms with E-state index in [4.69, 9.17) is 17.3 Å². The lowest BCUT2D eigenvalue weighted by Gasteiger charge is -2.16. The summed E-state index contributed by atoms with van der Waals surface area (Å²) in [5.41, 5.74) is 5.14. The van der Waals surface area contributed by atoms with E-state index >= 15 is 0 Å². The van der Waals surface area contributed by atoms with Crippen LogP contribution in [0, 0.1) is 23.3 Å². The van der Waals surface area contributed by atoms with E-state index in [0.717, 1.165) is 6.07 Å². The predicted molar refractivity (Wildman–Crippen MR) is 63.8 cm³/mol. The van der Waals surface area contributed by atoms with Gasteiger partial charge in [-0.2, -0.15) is 0 Å². The molecule has 0 heterocycles. The Morgan fingerprint density at radius 2 is 1.53 bits per heavy atom. The van der Waals surface area contributed by atoms with Gasteiger partial charge in [0.2, 0.25) is 0 Å². The molecule has 0 saturated carbocycles. The molecule has 0 aliphatic rings. The van der Waals surface area contributed by atoms with Crippen molar-refractivity contribution in [2.75, 3.05) is 0 Å². The minimum Gasteiger partial charge on any atom is -0.320 e. The molecule has 19 heavy (non-hydrogen) atoms. The zero-order valence-electron chi connectivity index (χ0n) is 9.43. The third-order valence-corrected chi connectivity index (χ3v) is 3.07. The largest absolute Gasteiger partial charge is 0.320 e. The molecule has 1 nitrogen and oxygen atoms in total.